The second kappa shape index (κ2) is 4.73. The smallest absolute Gasteiger partial charge is 0.339 e. The third kappa shape index (κ3) is 2.06. The molecule has 18 heavy (non-hydrogen) atoms. The lowest BCUT2D eigenvalue weighted by Crippen LogP contribution is -2.30. The van der Waals surface area contributed by atoms with E-state index in [1.165, 1.54) is 6.07 Å². The van der Waals surface area contributed by atoms with Crippen LogP contribution >= 0.6 is 0 Å². The minimum atomic E-state index is -1.66. The van der Waals surface area contributed by atoms with E-state index in [2.05, 4.69) is 4.74 Å². The molecule has 0 aliphatic carbocycles. The lowest BCUT2D eigenvalue weighted by molar-refractivity contribution is -0.159. The Morgan fingerprint density at radius 2 is 2.33 bits per heavy atom. The molecule has 1 aromatic rings. The van der Waals surface area contributed by atoms with Gasteiger partial charge in [-0.2, -0.15) is 0 Å². The van der Waals surface area contributed by atoms with E-state index in [4.69, 9.17) is 4.74 Å². The summed E-state index contributed by atoms with van der Waals surface area (Å²) in [4.78, 5) is 22.8. The normalized spacial score (nSPS) is 19.1. The second-order valence-electron chi connectivity index (χ2n) is 3.75. The van der Waals surface area contributed by atoms with Crippen molar-refractivity contribution < 1.29 is 28.6 Å². The van der Waals surface area contributed by atoms with Crippen LogP contribution in [-0.4, -0.2) is 29.8 Å². The summed E-state index contributed by atoms with van der Waals surface area (Å²) in [6.07, 6.45) is -2.88. The summed E-state index contributed by atoms with van der Waals surface area (Å²) in [6, 6.07) is 3.43. The third-order valence-corrected chi connectivity index (χ3v) is 2.59. The molecule has 1 aliphatic rings. The SMILES string of the molecule is CCOC(=O)[C@@H](O)[C@@H]1OC(=O)c2ccc(F)cc21. The number of carbonyl (C=O) groups excluding carboxylic acids is 2. The van der Waals surface area contributed by atoms with Crippen molar-refractivity contribution in [2.45, 2.75) is 19.1 Å². The van der Waals surface area contributed by atoms with Crippen LogP contribution in [0.3, 0.4) is 0 Å². The van der Waals surface area contributed by atoms with Gasteiger partial charge in [-0.3, -0.25) is 0 Å². The summed E-state index contributed by atoms with van der Waals surface area (Å²) in [5, 5.41) is 9.73. The van der Waals surface area contributed by atoms with E-state index in [1.807, 2.05) is 0 Å². The van der Waals surface area contributed by atoms with Gasteiger partial charge < -0.3 is 14.6 Å². The number of hydrogen-bond acceptors (Lipinski definition) is 5. The Labute approximate surface area is 102 Å². The number of halogens is 1. The van der Waals surface area contributed by atoms with Gasteiger partial charge in [0, 0.05) is 5.56 Å². The number of fused-ring (bicyclic) bond motifs is 1. The largest absolute Gasteiger partial charge is 0.464 e. The molecule has 0 aromatic heterocycles. The van der Waals surface area contributed by atoms with Gasteiger partial charge in [-0.1, -0.05) is 0 Å². The van der Waals surface area contributed by atoms with Crippen molar-refractivity contribution in [3.05, 3.63) is 35.1 Å². The van der Waals surface area contributed by atoms with Crippen LogP contribution in [0.4, 0.5) is 4.39 Å². The molecule has 2 rings (SSSR count). The van der Waals surface area contributed by atoms with Crippen molar-refractivity contribution in [2.24, 2.45) is 0 Å². The van der Waals surface area contributed by atoms with Crippen molar-refractivity contribution in [1.82, 2.24) is 0 Å². The maximum Gasteiger partial charge on any atom is 0.339 e. The zero-order valence-corrected chi connectivity index (χ0v) is 9.55. The maximum absolute atomic E-state index is 13.1. The molecule has 0 amide bonds. The third-order valence-electron chi connectivity index (χ3n) is 2.59. The predicted molar refractivity (Wildman–Crippen MR) is 57.2 cm³/mol. The summed E-state index contributed by atoms with van der Waals surface area (Å²) in [6.45, 7) is 1.67. The van der Waals surface area contributed by atoms with Gasteiger partial charge in [0.2, 0.25) is 0 Å². The number of rotatable bonds is 3. The summed E-state index contributed by atoms with van der Waals surface area (Å²) in [5.41, 5.74) is 0.297. The first-order valence-electron chi connectivity index (χ1n) is 5.39. The molecule has 0 spiro atoms. The Morgan fingerprint density at radius 3 is 3.00 bits per heavy atom. The predicted octanol–water partition coefficient (Wildman–Crippen LogP) is 0.961. The first kappa shape index (κ1) is 12.5. The van der Waals surface area contributed by atoms with Gasteiger partial charge in [0.25, 0.3) is 0 Å². The fourth-order valence-corrected chi connectivity index (χ4v) is 1.78. The molecule has 1 aliphatic heterocycles. The number of cyclic esters (lactones) is 1. The summed E-state index contributed by atoms with van der Waals surface area (Å²) in [7, 11) is 0. The lowest BCUT2D eigenvalue weighted by Gasteiger charge is -2.16. The fourth-order valence-electron chi connectivity index (χ4n) is 1.78. The van der Waals surface area contributed by atoms with Gasteiger partial charge in [0.15, 0.2) is 12.2 Å². The zero-order chi connectivity index (χ0) is 13.3. The van der Waals surface area contributed by atoms with E-state index < -0.39 is 30.0 Å². The van der Waals surface area contributed by atoms with Crippen LogP contribution in [0, 0.1) is 5.82 Å². The molecular weight excluding hydrogens is 243 g/mol. The molecule has 0 saturated heterocycles. The number of hydrogen-bond donors (Lipinski definition) is 1. The Bertz CT molecular complexity index is 499. The highest BCUT2D eigenvalue weighted by Crippen LogP contribution is 2.33. The van der Waals surface area contributed by atoms with Crippen LogP contribution in [0.1, 0.15) is 28.9 Å². The minimum absolute atomic E-state index is 0.0898. The van der Waals surface area contributed by atoms with Crippen LogP contribution in [0.25, 0.3) is 0 Å². The lowest BCUT2D eigenvalue weighted by atomic mass is 10.0. The number of esters is 2. The molecule has 96 valence electrons. The average Bonchev–Trinajstić information content (AvgIpc) is 2.65. The minimum Gasteiger partial charge on any atom is -0.464 e. The number of aliphatic hydroxyl groups excluding tert-OH is 1. The Hall–Kier alpha value is -1.95. The molecule has 0 fully saturated rings. The molecule has 0 radical (unpaired) electrons. The van der Waals surface area contributed by atoms with Crippen molar-refractivity contribution in [1.29, 1.82) is 0 Å². The number of carbonyl (C=O) groups is 2. The van der Waals surface area contributed by atoms with Crippen LogP contribution in [0.5, 0.6) is 0 Å². The number of ether oxygens (including phenoxy) is 2. The Morgan fingerprint density at radius 1 is 1.61 bits per heavy atom. The highest BCUT2D eigenvalue weighted by molar-refractivity contribution is 5.95. The van der Waals surface area contributed by atoms with Gasteiger partial charge in [-0.05, 0) is 25.1 Å². The molecular formula is C12H11FO5. The average molecular weight is 254 g/mol. The van der Waals surface area contributed by atoms with E-state index in [9.17, 15) is 19.1 Å². The number of aliphatic hydroxyl groups is 1. The molecule has 2 atom stereocenters. The maximum atomic E-state index is 13.1. The van der Waals surface area contributed by atoms with Gasteiger partial charge in [-0.15, -0.1) is 0 Å². The van der Waals surface area contributed by atoms with Crippen LogP contribution in [0.15, 0.2) is 18.2 Å². The molecule has 0 unspecified atom stereocenters. The monoisotopic (exact) mass is 254 g/mol. The van der Waals surface area contributed by atoms with Gasteiger partial charge in [0.1, 0.15) is 5.82 Å². The van der Waals surface area contributed by atoms with Crippen molar-refractivity contribution in [3.8, 4) is 0 Å². The Kier molecular flexibility index (Phi) is 3.29. The summed E-state index contributed by atoms with van der Waals surface area (Å²) < 4.78 is 22.6. The van der Waals surface area contributed by atoms with E-state index in [1.54, 1.807) is 6.92 Å². The molecule has 5 nitrogen and oxygen atoms in total. The summed E-state index contributed by atoms with van der Waals surface area (Å²) >= 11 is 0. The first-order chi connectivity index (χ1) is 8.54. The highest BCUT2D eigenvalue weighted by atomic mass is 19.1. The van der Waals surface area contributed by atoms with E-state index in [-0.39, 0.29) is 17.7 Å². The molecule has 1 heterocycles. The standard InChI is InChI=1S/C12H11FO5/c1-2-17-12(16)9(14)10-8-5-6(13)3-4-7(8)11(15)18-10/h3-5,9-10,14H,2H2,1H3/t9-,10+/m0/s1. The topological polar surface area (TPSA) is 72.8 Å². The molecule has 1 aromatic carbocycles. The second-order valence-corrected chi connectivity index (χ2v) is 3.75. The molecule has 0 saturated carbocycles. The van der Waals surface area contributed by atoms with Gasteiger partial charge in [-0.25, -0.2) is 14.0 Å². The van der Waals surface area contributed by atoms with Crippen LogP contribution < -0.4 is 0 Å². The fraction of sp³-hybridized carbons (Fsp3) is 0.333. The van der Waals surface area contributed by atoms with Crippen molar-refractivity contribution in [2.75, 3.05) is 6.61 Å². The quantitative estimate of drug-likeness (QED) is 0.813. The first-order valence-corrected chi connectivity index (χ1v) is 5.39. The van der Waals surface area contributed by atoms with Gasteiger partial charge in [0.05, 0.1) is 12.2 Å². The van der Waals surface area contributed by atoms with Crippen LogP contribution in [0.2, 0.25) is 0 Å². The molecule has 0 bridgehead atoms. The van der Waals surface area contributed by atoms with E-state index in [0.29, 0.717) is 0 Å². The zero-order valence-electron chi connectivity index (χ0n) is 9.55. The number of benzene rings is 1. The molecule has 6 heteroatoms. The van der Waals surface area contributed by atoms with E-state index >= 15 is 0 Å². The highest BCUT2D eigenvalue weighted by Gasteiger charge is 2.40. The van der Waals surface area contributed by atoms with Gasteiger partial charge >= 0.3 is 11.9 Å². The van der Waals surface area contributed by atoms with E-state index in [0.717, 1.165) is 12.1 Å². The van der Waals surface area contributed by atoms with Crippen molar-refractivity contribution in [3.63, 3.8) is 0 Å². The van der Waals surface area contributed by atoms with Crippen LogP contribution in [-0.2, 0) is 14.3 Å². The molecule has 1 N–H and O–H groups in total. The van der Waals surface area contributed by atoms with Crippen molar-refractivity contribution >= 4 is 11.9 Å². The summed E-state index contributed by atoms with van der Waals surface area (Å²) in [5.74, 6) is -2.18. The Balaban J connectivity index is 2.31.